The molecule has 0 atom stereocenters. The number of nitrogens with two attached hydrogens (primary N) is 1. The second kappa shape index (κ2) is 4.37. The van der Waals surface area contributed by atoms with Gasteiger partial charge in [0.25, 0.3) is 0 Å². The lowest BCUT2D eigenvalue weighted by Gasteiger charge is -2.33. The fraction of sp³-hybridized carbons (Fsp3) is 0.545. The number of hydrogen-bond acceptors (Lipinski definition) is 3. The third kappa shape index (κ3) is 2.83. The van der Waals surface area contributed by atoms with Crippen LogP contribution in [0.2, 0.25) is 5.15 Å². The van der Waals surface area contributed by atoms with Crippen molar-refractivity contribution in [2.24, 2.45) is 5.73 Å². The van der Waals surface area contributed by atoms with Crippen molar-refractivity contribution in [1.29, 1.82) is 0 Å². The first kappa shape index (κ1) is 10.7. The van der Waals surface area contributed by atoms with Gasteiger partial charge in [-0.1, -0.05) is 18.0 Å². The summed E-state index contributed by atoms with van der Waals surface area (Å²) in [6.07, 6.45) is 6.97. The van der Waals surface area contributed by atoms with E-state index in [1.165, 1.54) is 6.42 Å². The summed E-state index contributed by atoms with van der Waals surface area (Å²) in [5.74, 6) is 0.698. The third-order valence-corrected chi connectivity index (χ3v) is 2.94. The predicted octanol–water partition coefficient (Wildman–Crippen LogP) is 2.73. The van der Waals surface area contributed by atoms with Gasteiger partial charge < -0.3 is 4.74 Å². The van der Waals surface area contributed by atoms with Crippen LogP contribution in [0.15, 0.2) is 18.3 Å². The maximum Gasteiger partial charge on any atom is 0.158 e. The number of halogens is 1. The molecule has 0 unspecified atom stereocenters. The van der Waals surface area contributed by atoms with E-state index >= 15 is 0 Å². The molecule has 2 N–H and O–H groups in total. The number of nitrogens with zero attached hydrogens (tertiary/aromatic N) is 1. The average molecular weight is 227 g/mol. The maximum atomic E-state index is 6.15. The molecular weight excluding hydrogens is 212 g/mol. The lowest BCUT2D eigenvalue weighted by atomic mass is 9.92. The van der Waals surface area contributed by atoms with Crippen LogP contribution in [0, 0.1) is 0 Å². The number of rotatable bonds is 2. The normalized spacial score (nSPS) is 19.9. The van der Waals surface area contributed by atoms with Gasteiger partial charge in [-0.05, 0) is 25.0 Å². The summed E-state index contributed by atoms with van der Waals surface area (Å²) >= 11 is 5.69. The van der Waals surface area contributed by atoms with Crippen LogP contribution < -0.4 is 10.5 Å². The first-order valence-corrected chi connectivity index (χ1v) is 5.65. The third-order valence-electron chi connectivity index (χ3n) is 2.72. The molecule has 3 nitrogen and oxygen atoms in total. The molecule has 4 heteroatoms. The van der Waals surface area contributed by atoms with E-state index < -0.39 is 5.72 Å². The summed E-state index contributed by atoms with van der Waals surface area (Å²) in [6.45, 7) is 0. The van der Waals surface area contributed by atoms with Crippen molar-refractivity contribution < 1.29 is 4.74 Å². The fourth-order valence-corrected chi connectivity index (χ4v) is 2.02. The first-order chi connectivity index (χ1) is 7.18. The molecule has 1 aliphatic rings. The van der Waals surface area contributed by atoms with E-state index in [4.69, 9.17) is 22.1 Å². The van der Waals surface area contributed by atoms with Crippen LogP contribution in [0.1, 0.15) is 32.1 Å². The molecule has 1 heterocycles. The molecule has 0 aromatic carbocycles. The first-order valence-electron chi connectivity index (χ1n) is 5.27. The summed E-state index contributed by atoms with van der Waals surface area (Å²) in [5.41, 5.74) is 5.64. The minimum Gasteiger partial charge on any atom is -0.471 e. The molecule has 0 bridgehead atoms. The van der Waals surface area contributed by atoms with E-state index in [2.05, 4.69) is 4.98 Å². The zero-order chi connectivity index (χ0) is 10.7. The van der Waals surface area contributed by atoms with Crippen LogP contribution in [-0.2, 0) is 0 Å². The monoisotopic (exact) mass is 226 g/mol. The van der Waals surface area contributed by atoms with Gasteiger partial charge >= 0.3 is 0 Å². The molecule has 1 aromatic rings. The van der Waals surface area contributed by atoms with Crippen LogP contribution in [0.5, 0.6) is 5.75 Å². The molecule has 0 amide bonds. The molecule has 0 spiro atoms. The van der Waals surface area contributed by atoms with Gasteiger partial charge in [0.2, 0.25) is 0 Å². The molecule has 1 saturated carbocycles. The van der Waals surface area contributed by atoms with Gasteiger partial charge in [0.15, 0.2) is 5.72 Å². The van der Waals surface area contributed by atoms with E-state index in [9.17, 15) is 0 Å². The Hall–Kier alpha value is -0.800. The van der Waals surface area contributed by atoms with Gasteiger partial charge in [-0.15, -0.1) is 0 Å². The Morgan fingerprint density at radius 1 is 1.27 bits per heavy atom. The SMILES string of the molecule is NC1(Oc2ccc(Cl)nc2)CCCCC1. The molecule has 1 fully saturated rings. The Morgan fingerprint density at radius 2 is 2.00 bits per heavy atom. The van der Waals surface area contributed by atoms with Crippen LogP contribution in [0.3, 0.4) is 0 Å². The molecule has 0 radical (unpaired) electrons. The van der Waals surface area contributed by atoms with Crippen LogP contribution in [0.4, 0.5) is 0 Å². The van der Waals surface area contributed by atoms with Gasteiger partial charge in [0.1, 0.15) is 10.9 Å². The number of hydrogen-bond donors (Lipinski definition) is 1. The summed E-state index contributed by atoms with van der Waals surface area (Å²) in [7, 11) is 0. The van der Waals surface area contributed by atoms with E-state index in [0.717, 1.165) is 25.7 Å². The largest absolute Gasteiger partial charge is 0.471 e. The van der Waals surface area contributed by atoms with Crippen LogP contribution in [0.25, 0.3) is 0 Å². The number of pyridine rings is 1. The Bertz CT molecular complexity index is 320. The summed E-state index contributed by atoms with van der Waals surface area (Å²) in [5, 5.41) is 0.470. The van der Waals surface area contributed by atoms with Crippen molar-refractivity contribution >= 4 is 11.6 Å². The van der Waals surface area contributed by atoms with Crippen molar-refractivity contribution in [3.63, 3.8) is 0 Å². The topological polar surface area (TPSA) is 48.1 Å². The molecule has 82 valence electrons. The smallest absolute Gasteiger partial charge is 0.158 e. The molecule has 1 aliphatic carbocycles. The number of aromatic nitrogens is 1. The van der Waals surface area contributed by atoms with Crippen LogP contribution >= 0.6 is 11.6 Å². The average Bonchev–Trinajstić information content (AvgIpc) is 2.22. The zero-order valence-electron chi connectivity index (χ0n) is 8.58. The van der Waals surface area contributed by atoms with Crippen molar-refractivity contribution in [3.05, 3.63) is 23.5 Å². The van der Waals surface area contributed by atoms with Gasteiger partial charge in [0, 0.05) is 12.8 Å². The molecular formula is C11H15ClN2O. The van der Waals surface area contributed by atoms with Gasteiger partial charge in [-0.25, -0.2) is 4.98 Å². The standard InChI is InChI=1S/C11H15ClN2O/c12-10-5-4-9(8-14-10)15-11(13)6-2-1-3-7-11/h4-5,8H,1-3,6-7,13H2. The van der Waals surface area contributed by atoms with Crippen molar-refractivity contribution in [1.82, 2.24) is 4.98 Å². The van der Waals surface area contributed by atoms with E-state index in [0.29, 0.717) is 10.9 Å². The van der Waals surface area contributed by atoms with E-state index in [-0.39, 0.29) is 0 Å². The molecule has 1 aromatic heterocycles. The van der Waals surface area contributed by atoms with Gasteiger partial charge in [0.05, 0.1) is 6.20 Å². The Kier molecular flexibility index (Phi) is 3.12. The van der Waals surface area contributed by atoms with Crippen molar-refractivity contribution in [2.75, 3.05) is 0 Å². The fourth-order valence-electron chi connectivity index (χ4n) is 1.91. The van der Waals surface area contributed by atoms with Gasteiger partial charge in [-0.3, -0.25) is 5.73 Å². The minimum atomic E-state index is -0.506. The van der Waals surface area contributed by atoms with Crippen molar-refractivity contribution in [3.8, 4) is 5.75 Å². The quantitative estimate of drug-likeness (QED) is 0.623. The van der Waals surface area contributed by atoms with E-state index in [1.807, 2.05) is 0 Å². The molecule has 2 rings (SSSR count). The maximum absolute atomic E-state index is 6.15. The molecule has 0 saturated heterocycles. The highest BCUT2D eigenvalue weighted by Gasteiger charge is 2.29. The number of ether oxygens (including phenoxy) is 1. The van der Waals surface area contributed by atoms with E-state index in [1.54, 1.807) is 18.3 Å². The highest BCUT2D eigenvalue weighted by Crippen LogP contribution is 2.28. The Labute approximate surface area is 94.6 Å². The second-order valence-corrected chi connectivity index (χ2v) is 4.43. The van der Waals surface area contributed by atoms with Gasteiger partial charge in [-0.2, -0.15) is 0 Å². The summed E-state index contributed by atoms with van der Waals surface area (Å²) < 4.78 is 5.75. The molecule has 0 aliphatic heterocycles. The highest BCUT2D eigenvalue weighted by molar-refractivity contribution is 6.29. The zero-order valence-corrected chi connectivity index (χ0v) is 9.33. The highest BCUT2D eigenvalue weighted by atomic mass is 35.5. The summed E-state index contributed by atoms with van der Waals surface area (Å²) in [6, 6.07) is 3.52. The Balaban J connectivity index is 2.03. The Morgan fingerprint density at radius 3 is 2.60 bits per heavy atom. The van der Waals surface area contributed by atoms with Crippen molar-refractivity contribution in [2.45, 2.75) is 37.8 Å². The molecule has 15 heavy (non-hydrogen) atoms. The van der Waals surface area contributed by atoms with Crippen LogP contribution in [-0.4, -0.2) is 10.7 Å². The second-order valence-electron chi connectivity index (χ2n) is 4.04. The lowest BCUT2D eigenvalue weighted by Crippen LogP contribution is -2.47. The predicted molar refractivity (Wildman–Crippen MR) is 59.9 cm³/mol. The summed E-state index contributed by atoms with van der Waals surface area (Å²) in [4.78, 5) is 3.96. The minimum absolute atomic E-state index is 0.470. The lowest BCUT2D eigenvalue weighted by molar-refractivity contribution is 0.0361.